The first-order valence-corrected chi connectivity index (χ1v) is 7.38. The molecule has 0 bridgehead atoms. The Hall–Kier alpha value is -0.980. The van der Waals surface area contributed by atoms with Gasteiger partial charge < -0.3 is 5.11 Å². The van der Waals surface area contributed by atoms with Crippen LogP contribution in [0.3, 0.4) is 0 Å². The predicted octanol–water partition coefficient (Wildman–Crippen LogP) is 5.13. The van der Waals surface area contributed by atoms with E-state index < -0.39 is 0 Å². The summed E-state index contributed by atoms with van der Waals surface area (Å²) in [6.07, 6.45) is 7.59. The molecule has 0 aliphatic heterocycles. The molecule has 2 rings (SSSR count). The van der Waals surface area contributed by atoms with E-state index in [9.17, 15) is 5.11 Å². The molecule has 0 atom stereocenters. The van der Waals surface area contributed by atoms with Gasteiger partial charge in [0.05, 0.1) is 0 Å². The van der Waals surface area contributed by atoms with E-state index in [1.54, 1.807) is 0 Å². The number of benzene rings is 1. The van der Waals surface area contributed by atoms with E-state index in [0.717, 1.165) is 6.42 Å². The van der Waals surface area contributed by atoms with E-state index >= 15 is 0 Å². The first-order chi connectivity index (χ1) is 8.54. The minimum atomic E-state index is 0.205. The Morgan fingerprint density at radius 2 is 1.83 bits per heavy atom. The van der Waals surface area contributed by atoms with E-state index in [1.807, 2.05) is 6.07 Å². The molecule has 0 amide bonds. The molecule has 1 fully saturated rings. The maximum atomic E-state index is 10.1. The zero-order valence-electron chi connectivity index (χ0n) is 12.0. The van der Waals surface area contributed by atoms with Crippen molar-refractivity contribution in [2.45, 2.75) is 70.6 Å². The van der Waals surface area contributed by atoms with Gasteiger partial charge in [-0.05, 0) is 47.8 Å². The minimum absolute atomic E-state index is 0.205. The van der Waals surface area contributed by atoms with Gasteiger partial charge in [0.1, 0.15) is 5.75 Å². The van der Waals surface area contributed by atoms with Gasteiger partial charge in [-0.15, -0.1) is 0 Å². The second kappa shape index (κ2) is 5.34. The Bertz CT molecular complexity index is 400. The zero-order chi connectivity index (χ0) is 13.2. The lowest BCUT2D eigenvalue weighted by Gasteiger charge is -2.27. The van der Waals surface area contributed by atoms with Crippen molar-refractivity contribution in [1.82, 2.24) is 0 Å². The van der Waals surface area contributed by atoms with Crippen molar-refractivity contribution in [1.29, 1.82) is 0 Å². The SMILES string of the molecule is CCC(C)(C)c1ccc(O)c(C2CCCCC2)c1. The molecule has 0 spiro atoms. The summed E-state index contributed by atoms with van der Waals surface area (Å²) in [6.45, 7) is 6.79. The summed E-state index contributed by atoms with van der Waals surface area (Å²) in [5.41, 5.74) is 2.76. The Labute approximate surface area is 111 Å². The standard InChI is InChI=1S/C17H26O/c1-4-17(2,3)14-10-11-16(18)15(12-14)13-8-6-5-7-9-13/h10-13,18H,4-9H2,1-3H3. The number of rotatable bonds is 3. The summed E-state index contributed by atoms with van der Waals surface area (Å²) in [5.74, 6) is 1.07. The molecule has 100 valence electrons. The molecule has 0 aromatic heterocycles. The summed E-state index contributed by atoms with van der Waals surface area (Å²) in [4.78, 5) is 0. The molecule has 1 aromatic rings. The lowest BCUT2D eigenvalue weighted by atomic mass is 9.78. The highest BCUT2D eigenvalue weighted by atomic mass is 16.3. The van der Waals surface area contributed by atoms with E-state index in [-0.39, 0.29) is 5.41 Å². The maximum Gasteiger partial charge on any atom is 0.119 e. The van der Waals surface area contributed by atoms with Gasteiger partial charge in [-0.1, -0.05) is 52.2 Å². The number of aromatic hydroxyl groups is 1. The molecule has 1 aliphatic carbocycles. The summed E-state index contributed by atoms with van der Waals surface area (Å²) in [6, 6.07) is 6.25. The van der Waals surface area contributed by atoms with Crippen LogP contribution in [0.1, 0.15) is 76.3 Å². The highest BCUT2D eigenvalue weighted by Gasteiger charge is 2.23. The summed E-state index contributed by atoms with van der Waals surface area (Å²) < 4.78 is 0. The van der Waals surface area contributed by atoms with Crippen LogP contribution in [0.5, 0.6) is 5.75 Å². The monoisotopic (exact) mass is 246 g/mol. The van der Waals surface area contributed by atoms with E-state index in [2.05, 4.69) is 32.9 Å². The quantitative estimate of drug-likeness (QED) is 0.784. The Kier molecular flexibility index (Phi) is 3.99. The molecule has 1 heteroatoms. The van der Waals surface area contributed by atoms with E-state index in [1.165, 1.54) is 43.2 Å². The van der Waals surface area contributed by atoms with Crippen LogP contribution in [0.15, 0.2) is 18.2 Å². The topological polar surface area (TPSA) is 20.2 Å². The second-order valence-electron chi connectivity index (χ2n) is 6.35. The first-order valence-electron chi connectivity index (χ1n) is 7.38. The molecule has 1 saturated carbocycles. The summed E-state index contributed by atoms with van der Waals surface area (Å²) in [5, 5.41) is 10.1. The number of phenolic OH excluding ortho intramolecular Hbond substituents is 1. The van der Waals surface area contributed by atoms with Crippen LogP contribution >= 0.6 is 0 Å². The molecule has 0 unspecified atom stereocenters. The molecule has 0 radical (unpaired) electrons. The summed E-state index contributed by atoms with van der Waals surface area (Å²) >= 11 is 0. The molecule has 1 nitrogen and oxygen atoms in total. The smallest absolute Gasteiger partial charge is 0.119 e. The molecule has 1 N–H and O–H groups in total. The van der Waals surface area contributed by atoms with Crippen molar-refractivity contribution in [2.24, 2.45) is 0 Å². The largest absolute Gasteiger partial charge is 0.508 e. The predicted molar refractivity (Wildman–Crippen MR) is 77.2 cm³/mol. The van der Waals surface area contributed by atoms with E-state index in [4.69, 9.17) is 0 Å². The Balaban J connectivity index is 2.31. The van der Waals surface area contributed by atoms with Crippen molar-refractivity contribution in [2.75, 3.05) is 0 Å². The van der Waals surface area contributed by atoms with Crippen molar-refractivity contribution in [3.8, 4) is 5.75 Å². The average molecular weight is 246 g/mol. The third-order valence-corrected chi connectivity index (χ3v) is 4.74. The van der Waals surface area contributed by atoms with Crippen molar-refractivity contribution >= 4 is 0 Å². The Morgan fingerprint density at radius 1 is 1.17 bits per heavy atom. The number of hydrogen-bond donors (Lipinski definition) is 1. The zero-order valence-corrected chi connectivity index (χ0v) is 12.0. The normalized spacial score (nSPS) is 17.9. The van der Waals surface area contributed by atoms with Gasteiger partial charge in [0.25, 0.3) is 0 Å². The third-order valence-electron chi connectivity index (χ3n) is 4.74. The van der Waals surface area contributed by atoms with E-state index in [0.29, 0.717) is 11.7 Å². The molecule has 0 heterocycles. The number of phenols is 1. The van der Waals surface area contributed by atoms with Gasteiger partial charge in [0, 0.05) is 0 Å². The lowest BCUT2D eigenvalue weighted by Crippen LogP contribution is -2.16. The molecule has 0 saturated heterocycles. The van der Waals surface area contributed by atoms with Crippen molar-refractivity contribution < 1.29 is 5.11 Å². The maximum absolute atomic E-state index is 10.1. The van der Waals surface area contributed by atoms with Crippen LogP contribution in [-0.4, -0.2) is 5.11 Å². The minimum Gasteiger partial charge on any atom is -0.508 e. The molecule has 18 heavy (non-hydrogen) atoms. The number of hydrogen-bond acceptors (Lipinski definition) is 1. The van der Waals surface area contributed by atoms with Crippen LogP contribution < -0.4 is 0 Å². The first kappa shape index (κ1) is 13.5. The molecular formula is C17H26O. The lowest BCUT2D eigenvalue weighted by molar-refractivity contribution is 0.412. The summed E-state index contributed by atoms with van der Waals surface area (Å²) in [7, 11) is 0. The van der Waals surface area contributed by atoms with Crippen molar-refractivity contribution in [3.05, 3.63) is 29.3 Å². The highest BCUT2D eigenvalue weighted by Crippen LogP contribution is 2.39. The van der Waals surface area contributed by atoms with Gasteiger partial charge in [0.2, 0.25) is 0 Å². The average Bonchev–Trinajstić information content (AvgIpc) is 2.40. The fourth-order valence-electron chi connectivity index (χ4n) is 2.92. The molecule has 1 aromatic carbocycles. The van der Waals surface area contributed by atoms with Crippen molar-refractivity contribution in [3.63, 3.8) is 0 Å². The third kappa shape index (κ3) is 2.71. The fraction of sp³-hybridized carbons (Fsp3) is 0.647. The van der Waals surface area contributed by atoms with Crippen LogP contribution in [-0.2, 0) is 5.41 Å². The highest BCUT2D eigenvalue weighted by molar-refractivity contribution is 5.41. The fourth-order valence-corrected chi connectivity index (χ4v) is 2.92. The Morgan fingerprint density at radius 3 is 2.44 bits per heavy atom. The molecular weight excluding hydrogens is 220 g/mol. The van der Waals surface area contributed by atoms with Gasteiger partial charge in [-0.25, -0.2) is 0 Å². The molecule has 1 aliphatic rings. The van der Waals surface area contributed by atoms with Gasteiger partial charge in [0.15, 0.2) is 0 Å². The van der Waals surface area contributed by atoms with Gasteiger partial charge in [-0.2, -0.15) is 0 Å². The van der Waals surface area contributed by atoms with Crippen LogP contribution in [0, 0.1) is 0 Å². The van der Waals surface area contributed by atoms with Crippen LogP contribution in [0.2, 0.25) is 0 Å². The second-order valence-corrected chi connectivity index (χ2v) is 6.35. The van der Waals surface area contributed by atoms with Gasteiger partial charge >= 0.3 is 0 Å². The van der Waals surface area contributed by atoms with Gasteiger partial charge in [-0.3, -0.25) is 0 Å². The van der Waals surface area contributed by atoms with Crippen LogP contribution in [0.4, 0.5) is 0 Å². The van der Waals surface area contributed by atoms with Crippen LogP contribution in [0.25, 0.3) is 0 Å².